The molecule has 30 heteroatoms. The van der Waals surface area contributed by atoms with E-state index in [1.165, 1.54) is 27.7 Å². The van der Waals surface area contributed by atoms with Crippen LogP contribution in [0.1, 0.15) is 168 Å². The Bertz CT molecular complexity index is 2130. The molecule has 0 amide bonds. The highest BCUT2D eigenvalue weighted by molar-refractivity contribution is 6.05. The zero-order chi connectivity index (χ0) is 56.3. The lowest BCUT2D eigenvalue weighted by Crippen LogP contribution is -2.38. The molecule has 9 atom stereocenters. The first-order valence-electron chi connectivity index (χ1n) is 20.1. The number of aliphatic carboxylic acids is 10. The van der Waals surface area contributed by atoms with E-state index in [1.54, 1.807) is 0 Å². The lowest BCUT2D eigenvalue weighted by Gasteiger charge is -2.27. The predicted octanol–water partition coefficient (Wildman–Crippen LogP) is 6.82. The fourth-order valence-electron chi connectivity index (χ4n) is 6.17. The maximum atomic E-state index is 11.4. The van der Waals surface area contributed by atoms with Gasteiger partial charge in [-0.15, -0.1) is 0 Å². The quantitative estimate of drug-likeness (QED) is 0.0244. The van der Waals surface area contributed by atoms with Crippen LogP contribution in [0.25, 0.3) is 0 Å². The summed E-state index contributed by atoms with van der Waals surface area (Å²) in [5.74, 6) is -23.6. The molecular formula is C53H98O30. The highest BCUT2D eigenvalue weighted by Crippen LogP contribution is 2.39. The molecular weight excluding hydrogens is 1120 g/mol. The van der Waals surface area contributed by atoms with Crippen LogP contribution in [0, 0.1) is 51.8 Å². The van der Waals surface area contributed by atoms with Gasteiger partial charge < -0.3 is 70.8 Å². The molecule has 0 radical (unpaired) electrons. The van der Waals surface area contributed by atoms with Crippen LogP contribution in [-0.2, 0) is 90.9 Å². The average Bonchev–Trinajstić information content (AvgIpc) is 3.79. The van der Waals surface area contributed by atoms with Gasteiger partial charge in [0.05, 0.1) is 77.4 Å². The van der Waals surface area contributed by atoms with Crippen LogP contribution in [0.3, 0.4) is 0 Å². The summed E-state index contributed by atoms with van der Waals surface area (Å²) in [6.07, 6.45) is -1.39. The molecule has 2 fully saturated rings. The van der Waals surface area contributed by atoms with Gasteiger partial charge in [0.25, 0.3) is 0 Å². The molecule has 83 heavy (non-hydrogen) atoms. The van der Waals surface area contributed by atoms with Crippen molar-refractivity contribution >= 4 is 95.5 Å². The second kappa shape index (κ2) is 47.2. The molecule has 3 heterocycles. The van der Waals surface area contributed by atoms with Crippen molar-refractivity contribution in [1.29, 1.82) is 0 Å². The summed E-state index contributed by atoms with van der Waals surface area (Å²) in [6, 6.07) is 0. The van der Waals surface area contributed by atoms with Crippen molar-refractivity contribution in [2.75, 3.05) is 0 Å². The molecule has 0 aromatic carbocycles. The lowest BCUT2D eigenvalue weighted by molar-refractivity contribution is -0.161. The van der Waals surface area contributed by atoms with E-state index in [0.717, 1.165) is 26.0 Å². The standard InChI is InChI=1S/C11H16O8.2C11H14O7.C5H6O4.C4H2O3.11CH4.H2O/c1-5(8(14)15)6(9(16)17)3-11(2,10(18)19)4-7(12)13;2*1-5-6(9(15)18-8(5)14)3-11(2,10(16)17)4-7(12)13;1-3(5(8)9)2-4(6)7;5-3-1-2-4(6)7-3;;;;;;;;;;;;/h5-6H,3-4H2,1-2H3,(H,12,13)(H,14,15)(H,16,17)(H,18,19);2*5-6H,3-4H2,1-2H3,(H,12,13)(H,16,17);1-2H2,(H,6,7)(H,8,9);1-2H;11*1H4;1H2. The maximum absolute atomic E-state index is 11.4. The molecule has 0 aliphatic carbocycles. The van der Waals surface area contributed by atoms with Gasteiger partial charge in [-0.05, 0) is 40.0 Å². The molecule has 12 N–H and O–H groups in total. The zero-order valence-electron chi connectivity index (χ0n) is 39.0. The fraction of sp³-hybridized carbons (Fsp3) is 0.623. The number of esters is 6. The first-order chi connectivity index (χ1) is 32.2. The number of ether oxygens (including phenoxy) is 3. The van der Waals surface area contributed by atoms with Crippen molar-refractivity contribution in [3.63, 3.8) is 0 Å². The van der Waals surface area contributed by atoms with Crippen LogP contribution >= 0.6 is 0 Å². The predicted molar refractivity (Wildman–Crippen MR) is 300 cm³/mol. The maximum Gasteiger partial charge on any atom is 0.338 e. The number of hydrogen-bond acceptors (Lipinski definition) is 19. The minimum atomic E-state index is -1.83. The van der Waals surface area contributed by atoms with E-state index in [1.807, 2.05) is 0 Å². The summed E-state index contributed by atoms with van der Waals surface area (Å²) in [7, 11) is 0. The van der Waals surface area contributed by atoms with Crippen LogP contribution in [0.15, 0.2) is 24.3 Å². The van der Waals surface area contributed by atoms with Gasteiger partial charge in [0.1, 0.15) is 0 Å². The van der Waals surface area contributed by atoms with Crippen molar-refractivity contribution in [3.05, 3.63) is 24.3 Å². The Kier molecular flexibility index (Phi) is 62.6. The van der Waals surface area contributed by atoms with Crippen LogP contribution < -0.4 is 0 Å². The molecule has 3 aliphatic rings. The highest BCUT2D eigenvalue weighted by atomic mass is 16.6. The molecule has 0 aromatic rings. The Balaban J connectivity index is -0.0000000595. The summed E-state index contributed by atoms with van der Waals surface area (Å²) in [5.41, 5.74) is -5.34. The van der Waals surface area contributed by atoms with E-state index in [2.05, 4.69) is 20.8 Å². The average molecular weight is 1220 g/mol. The molecule has 3 rings (SSSR count). The monoisotopic (exact) mass is 1210 g/mol. The van der Waals surface area contributed by atoms with Crippen LogP contribution in [0.5, 0.6) is 0 Å². The summed E-state index contributed by atoms with van der Waals surface area (Å²) < 4.78 is 12.8. The summed E-state index contributed by atoms with van der Waals surface area (Å²) in [5, 5.41) is 87.1. The molecule has 0 saturated carbocycles. The van der Waals surface area contributed by atoms with Crippen molar-refractivity contribution in [2.45, 2.75) is 168 Å². The smallest absolute Gasteiger partial charge is 0.338 e. The molecule has 2 saturated heterocycles. The van der Waals surface area contributed by atoms with Crippen molar-refractivity contribution in [1.82, 2.24) is 0 Å². The fourth-order valence-corrected chi connectivity index (χ4v) is 6.17. The number of carbonyl (C=O) groups excluding carboxylic acids is 6. The second-order valence-corrected chi connectivity index (χ2v) is 16.8. The van der Waals surface area contributed by atoms with Gasteiger partial charge in [-0.1, -0.05) is 109 Å². The van der Waals surface area contributed by atoms with E-state index in [4.69, 9.17) is 51.1 Å². The van der Waals surface area contributed by atoms with E-state index in [0.29, 0.717) is 0 Å². The minimum Gasteiger partial charge on any atom is -0.481 e. The van der Waals surface area contributed by atoms with Crippen molar-refractivity contribution < 1.29 is 147 Å². The van der Waals surface area contributed by atoms with Crippen LogP contribution in [0.4, 0.5) is 0 Å². The Morgan fingerprint density at radius 3 is 0.904 bits per heavy atom. The first-order valence-corrected chi connectivity index (χ1v) is 20.1. The van der Waals surface area contributed by atoms with Crippen LogP contribution in [0.2, 0.25) is 0 Å². The first kappa shape index (κ1) is 110. The third kappa shape index (κ3) is 37.3. The van der Waals surface area contributed by atoms with Gasteiger partial charge in [-0.25, -0.2) is 14.4 Å². The Morgan fingerprint density at radius 2 is 0.747 bits per heavy atom. The largest absolute Gasteiger partial charge is 0.481 e. The minimum absolute atomic E-state index is 0. The molecule has 3 aliphatic heterocycles. The van der Waals surface area contributed by atoms with Gasteiger partial charge >= 0.3 is 95.5 Å². The molecule has 30 nitrogen and oxygen atoms in total. The number of carboxylic acids is 10. The Labute approximate surface area is 486 Å². The summed E-state index contributed by atoms with van der Waals surface area (Å²) in [4.78, 5) is 172. The van der Waals surface area contributed by atoms with Gasteiger partial charge in [0.15, 0.2) is 0 Å². The molecule has 0 spiro atoms. The SMILES string of the molecule is C.C.C.C.C.C.C.C.C.C.C.C=C(CC(=O)O)C(=O)O.CC(C(=O)O)C(CC(C)(CC(=O)O)C(=O)O)C(=O)O.CC1C(=O)OC(=O)C1CC(C)(CC(=O)O)C(=O)O.CC1C(=O)OC(=O)C1CC(C)(CC(=O)O)C(=O)O.O.O=C1C=CC(=O)O1. The van der Waals surface area contributed by atoms with E-state index < -0.39 is 179 Å². The number of hydrogen-bond donors (Lipinski definition) is 10. The van der Waals surface area contributed by atoms with Gasteiger partial charge in [-0.3, -0.25) is 62.3 Å². The van der Waals surface area contributed by atoms with E-state index in [9.17, 15) is 76.7 Å². The van der Waals surface area contributed by atoms with Crippen molar-refractivity contribution in [2.24, 2.45) is 51.8 Å². The molecule has 0 bridgehead atoms. The number of cyclic esters (lactones) is 6. The van der Waals surface area contributed by atoms with Gasteiger partial charge in [0.2, 0.25) is 0 Å². The number of carboxylic acid groups (broad SMARTS) is 10. The Hall–Kier alpha value is -8.44. The van der Waals surface area contributed by atoms with Crippen LogP contribution in [-0.4, -0.2) is 152 Å². The number of carbonyl (C=O) groups is 16. The summed E-state index contributed by atoms with van der Waals surface area (Å²) in [6.45, 7) is 10.7. The third-order valence-electron chi connectivity index (χ3n) is 10.7. The van der Waals surface area contributed by atoms with Crippen molar-refractivity contribution in [3.8, 4) is 0 Å². The van der Waals surface area contributed by atoms with E-state index in [-0.39, 0.29) is 106 Å². The Morgan fingerprint density at radius 1 is 0.470 bits per heavy atom. The molecule has 0 aromatic heterocycles. The topological polar surface area (TPSA) is 535 Å². The van der Waals surface area contributed by atoms with Gasteiger partial charge in [0, 0.05) is 17.7 Å². The third-order valence-corrected chi connectivity index (χ3v) is 10.7. The summed E-state index contributed by atoms with van der Waals surface area (Å²) >= 11 is 0. The highest BCUT2D eigenvalue weighted by Gasteiger charge is 2.50. The zero-order valence-corrected chi connectivity index (χ0v) is 39.0. The normalized spacial score (nSPS) is 17.8. The lowest BCUT2D eigenvalue weighted by atomic mass is 9.74. The number of rotatable bonds is 21. The van der Waals surface area contributed by atoms with Gasteiger partial charge in [-0.2, -0.15) is 0 Å². The second-order valence-electron chi connectivity index (χ2n) is 16.8. The van der Waals surface area contributed by atoms with E-state index >= 15 is 0 Å². The molecule has 490 valence electrons. The molecule has 9 unspecified atom stereocenters.